The van der Waals surface area contributed by atoms with Gasteiger partial charge in [0.25, 0.3) is 0 Å². The fraction of sp³-hybridized carbons (Fsp3) is 0.727. The first-order chi connectivity index (χ1) is 8.36. The van der Waals surface area contributed by atoms with Gasteiger partial charge >= 0.3 is 11.9 Å². The minimum Gasteiger partial charge on any atom is -0.481 e. The number of nitrogens with two attached hydrogens (primary N) is 1. The first-order valence-corrected chi connectivity index (χ1v) is 5.80. The van der Waals surface area contributed by atoms with Gasteiger partial charge in [0, 0.05) is 12.8 Å². The lowest BCUT2D eigenvalue weighted by atomic mass is 10.1. The van der Waals surface area contributed by atoms with Crippen LogP contribution < -0.4 is 11.1 Å². The zero-order valence-electron chi connectivity index (χ0n) is 10.4. The molecule has 0 aromatic rings. The highest BCUT2D eigenvalue weighted by molar-refractivity contribution is 5.83. The number of nitrogens with one attached hydrogen (secondary N) is 1. The number of amides is 1. The van der Waals surface area contributed by atoms with Crippen molar-refractivity contribution in [3.05, 3.63) is 0 Å². The quantitative estimate of drug-likeness (QED) is 0.454. The molecule has 5 N–H and O–H groups in total. The van der Waals surface area contributed by atoms with Gasteiger partial charge in [-0.3, -0.25) is 9.59 Å². The van der Waals surface area contributed by atoms with Crippen LogP contribution in [-0.2, 0) is 14.4 Å². The average molecular weight is 260 g/mol. The summed E-state index contributed by atoms with van der Waals surface area (Å²) in [6, 6.07) is -1.15. The van der Waals surface area contributed by atoms with Crippen LogP contribution >= 0.6 is 0 Å². The molecule has 0 saturated heterocycles. The largest absolute Gasteiger partial charge is 0.481 e. The van der Waals surface area contributed by atoms with E-state index in [0.29, 0.717) is 13.0 Å². The number of hydrogen-bond donors (Lipinski definition) is 4. The number of carbonyl (C=O) groups excluding carboxylic acids is 1. The third-order valence-corrected chi connectivity index (χ3v) is 2.55. The summed E-state index contributed by atoms with van der Waals surface area (Å²) in [5.41, 5.74) is 5.40. The molecule has 0 saturated carbocycles. The lowest BCUT2D eigenvalue weighted by Crippen LogP contribution is -2.41. The molecule has 0 aliphatic carbocycles. The van der Waals surface area contributed by atoms with E-state index in [2.05, 4.69) is 5.32 Å². The SMILES string of the molecule is CC(CN)CCC(=O)NC(CCC(=O)O)C(=O)O. The fourth-order valence-corrected chi connectivity index (χ4v) is 1.29. The van der Waals surface area contributed by atoms with Gasteiger partial charge in [-0.1, -0.05) is 6.92 Å². The number of aliphatic carboxylic acids is 2. The molecule has 0 rings (SSSR count). The molecule has 7 nitrogen and oxygen atoms in total. The molecule has 0 heterocycles. The Morgan fingerprint density at radius 2 is 1.78 bits per heavy atom. The topological polar surface area (TPSA) is 130 Å². The average Bonchev–Trinajstić information content (AvgIpc) is 2.30. The van der Waals surface area contributed by atoms with Crippen LogP contribution in [0.15, 0.2) is 0 Å². The summed E-state index contributed by atoms with van der Waals surface area (Å²) >= 11 is 0. The maximum atomic E-state index is 11.5. The molecule has 0 aliphatic heterocycles. The highest BCUT2D eigenvalue weighted by Crippen LogP contribution is 2.04. The van der Waals surface area contributed by atoms with E-state index in [1.165, 1.54) is 0 Å². The van der Waals surface area contributed by atoms with Crippen molar-refractivity contribution in [3.8, 4) is 0 Å². The van der Waals surface area contributed by atoms with Crippen LogP contribution in [-0.4, -0.2) is 40.6 Å². The highest BCUT2D eigenvalue weighted by atomic mass is 16.4. The van der Waals surface area contributed by atoms with Gasteiger partial charge in [-0.05, 0) is 25.3 Å². The van der Waals surface area contributed by atoms with Crippen molar-refractivity contribution >= 4 is 17.8 Å². The molecular weight excluding hydrogens is 240 g/mol. The zero-order chi connectivity index (χ0) is 14.1. The molecular formula is C11H20N2O5. The summed E-state index contributed by atoms with van der Waals surface area (Å²) in [7, 11) is 0. The Labute approximate surface area is 105 Å². The number of hydrogen-bond acceptors (Lipinski definition) is 4. The van der Waals surface area contributed by atoms with Crippen molar-refractivity contribution in [2.45, 2.75) is 38.6 Å². The van der Waals surface area contributed by atoms with E-state index in [0.717, 1.165) is 0 Å². The second kappa shape index (κ2) is 8.46. The van der Waals surface area contributed by atoms with Crippen LogP contribution in [0.1, 0.15) is 32.6 Å². The van der Waals surface area contributed by atoms with E-state index >= 15 is 0 Å². The van der Waals surface area contributed by atoms with Crippen LogP contribution in [0, 0.1) is 5.92 Å². The van der Waals surface area contributed by atoms with Gasteiger partial charge in [0.1, 0.15) is 6.04 Å². The molecule has 0 aliphatic rings. The Balaban J connectivity index is 4.11. The Morgan fingerprint density at radius 3 is 2.22 bits per heavy atom. The van der Waals surface area contributed by atoms with Crippen molar-refractivity contribution in [2.75, 3.05) is 6.54 Å². The molecule has 2 unspecified atom stereocenters. The summed E-state index contributed by atoms with van der Waals surface area (Å²) < 4.78 is 0. The van der Waals surface area contributed by atoms with Gasteiger partial charge in [-0.25, -0.2) is 4.79 Å². The first-order valence-electron chi connectivity index (χ1n) is 5.80. The minimum atomic E-state index is -1.23. The van der Waals surface area contributed by atoms with Gasteiger partial charge < -0.3 is 21.3 Å². The fourth-order valence-electron chi connectivity index (χ4n) is 1.29. The summed E-state index contributed by atoms with van der Waals surface area (Å²) in [4.78, 5) is 32.6. The van der Waals surface area contributed by atoms with Crippen molar-refractivity contribution in [3.63, 3.8) is 0 Å². The zero-order valence-corrected chi connectivity index (χ0v) is 10.4. The maximum Gasteiger partial charge on any atom is 0.326 e. The number of carboxylic acids is 2. The summed E-state index contributed by atoms with van der Waals surface area (Å²) in [6.45, 7) is 2.36. The maximum absolute atomic E-state index is 11.5. The van der Waals surface area contributed by atoms with Crippen molar-refractivity contribution in [2.24, 2.45) is 11.7 Å². The molecule has 104 valence electrons. The molecule has 7 heteroatoms. The predicted molar refractivity (Wildman–Crippen MR) is 63.9 cm³/mol. The summed E-state index contributed by atoms with van der Waals surface area (Å²) in [6.07, 6.45) is 0.349. The van der Waals surface area contributed by atoms with E-state index in [-0.39, 0.29) is 25.2 Å². The number of rotatable bonds is 9. The molecule has 1 amide bonds. The molecule has 0 spiro atoms. The lowest BCUT2D eigenvalue weighted by Gasteiger charge is -2.14. The molecule has 0 aromatic heterocycles. The van der Waals surface area contributed by atoms with Gasteiger partial charge in [0.2, 0.25) is 5.91 Å². The van der Waals surface area contributed by atoms with Crippen LogP contribution in [0.3, 0.4) is 0 Å². The smallest absolute Gasteiger partial charge is 0.326 e. The van der Waals surface area contributed by atoms with Gasteiger partial charge in [-0.2, -0.15) is 0 Å². The van der Waals surface area contributed by atoms with E-state index < -0.39 is 23.9 Å². The second-order valence-corrected chi connectivity index (χ2v) is 4.27. The van der Waals surface area contributed by atoms with Crippen LogP contribution in [0.2, 0.25) is 0 Å². The predicted octanol–water partition coefficient (Wildman–Crippen LogP) is -0.204. The van der Waals surface area contributed by atoms with Gasteiger partial charge in [0.05, 0.1) is 0 Å². The van der Waals surface area contributed by atoms with Crippen molar-refractivity contribution < 1.29 is 24.6 Å². The third kappa shape index (κ3) is 7.61. The summed E-state index contributed by atoms with van der Waals surface area (Å²) in [5, 5.41) is 19.6. The summed E-state index contributed by atoms with van der Waals surface area (Å²) in [5.74, 6) is -2.52. The van der Waals surface area contributed by atoms with E-state index in [9.17, 15) is 14.4 Å². The molecule has 2 atom stereocenters. The Morgan fingerprint density at radius 1 is 1.17 bits per heavy atom. The minimum absolute atomic E-state index is 0.122. The van der Waals surface area contributed by atoms with Crippen molar-refractivity contribution in [1.82, 2.24) is 5.32 Å². The number of carboxylic acid groups (broad SMARTS) is 2. The molecule has 0 bridgehead atoms. The van der Waals surface area contributed by atoms with Gasteiger partial charge in [0.15, 0.2) is 0 Å². The molecule has 18 heavy (non-hydrogen) atoms. The molecule has 0 radical (unpaired) electrons. The normalized spacial score (nSPS) is 13.7. The highest BCUT2D eigenvalue weighted by Gasteiger charge is 2.20. The van der Waals surface area contributed by atoms with Crippen LogP contribution in [0.25, 0.3) is 0 Å². The Kier molecular flexibility index (Phi) is 7.69. The van der Waals surface area contributed by atoms with E-state index in [1.807, 2.05) is 6.92 Å². The van der Waals surface area contributed by atoms with E-state index in [4.69, 9.17) is 15.9 Å². The van der Waals surface area contributed by atoms with Gasteiger partial charge in [-0.15, -0.1) is 0 Å². The van der Waals surface area contributed by atoms with E-state index in [1.54, 1.807) is 0 Å². The standard InChI is InChI=1S/C11H20N2O5/c1-7(6-12)2-4-9(14)13-8(11(17)18)3-5-10(15)16/h7-8H,2-6,12H2,1H3,(H,13,14)(H,15,16)(H,17,18). The number of carbonyl (C=O) groups is 3. The molecule has 0 aromatic carbocycles. The third-order valence-electron chi connectivity index (χ3n) is 2.55. The molecule has 0 fully saturated rings. The van der Waals surface area contributed by atoms with Crippen LogP contribution in [0.5, 0.6) is 0 Å². The Bertz CT molecular complexity index is 306. The first kappa shape index (κ1) is 16.4. The second-order valence-electron chi connectivity index (χ2n) is 4.27. The Hall–Kier alpha value is -1.63. The van der Waals surface area contributed by atoms with Crippen molar-refractivity contribution in [1.29, 1.82) is 0 Å². The van der Waals surface area contributed by atoms with Crippen LogP contribution in [0.4, 0.5) is 0 Å². The monoisotopic (exact) mass is 260 g/mol. The lowest BCUT2D eigenvalue weighted by molar-refractivity contribution is -0.143.